The van der Waals surface area contributed by atoms with Gasteiger partial charge in [-0.3, -0.25) is 9.59 Å². The van der Waals surface area contributed by atoms with Crippen LogP contribution in [0.3, 0.4) is 0 Å². The summed E-state index contributed by atoms with van der Waals surface area (Å²) in [6, 6.07) is 16.7. The van der Waals surface area contributed by atoms with E-state index in [-0.39, 0.29) is 39.9 Å². The second-order valence-electron chi connectivity index (χ2n) is 10.2. The Balaban J connectivity index is 0.00000323. The normalized spacial score (nSPS) is 15.1. The molecule has 0 radical (unpaired) electrons. The van der Waals surface area contributed by atoms with Crippen LogP contribution < -0.4 is 31.9 Å². The lowest BCUT2D eigenvalue weighted by atomic mass is 10.1. The van der Waals surface area contributed by atoms with Crippen LogP contribution in [0.1, 0.15) is 45.2 Å². The van der Waals surface area contributed by atoms with Crippen molar-refractivity contribution in [1.29, 1.82) is 0 Å². The van der Waals surface area contributed by atoms with E-state index in [4.69, 9.17) is 0 Å². The van der Waals surface area contributed by atoms with Gasteiger partial charge in [0.1, 0.15) is 11.4 Å². The van der Waals surface area contributed by atoms with Gasteiger partial charge in [-0.25, -0.2) is 13.8 Å². The lowest BCUT2D eigenvalue weighted by Crippen LogP contribution is -3.00. The van der Waals surface area contributed by atoms with Gasteiger partial charge in [0, 0.05) is 61.5 Å². The fraction of sp³-hybridized carbons (Fsp3) is 0.267. The van der Waals surface area contributed by atoms with Crippen LogP contribution in [0.2, 0.25) is 0 Å². The molecule has 3 heterocycles. The van der Waals surface area contributed by atoms with Gasteiger partial charge >= 0.3 is 5.97 Å². The first-order valence-corrected chi connectivity index (χ1v) is 13.1. The number of pyridine rings is 2. The molecule has 2 aromatic heterocycles. The van der Waals surface area contributed by atoms with E-state index in [1.807, 2.05) is 52.2 Å². The molecular formula is C30H28BrFN4O4. The smallest absolute Gasteiger partial charge is 0.341 e. The van der Waals surface area contributed by atoms with E-state index in [1.165, 1.54) is 11.8 Å². The summed E-state index contributed by atoms with van der Waals surface area (Å²) >= 11 is 0. The van der Waals surface area contributed by atoms with Crippen LogP contribution in [0, 0.1) is 5.82 Å². The number of carboxylic acid groups (broad SMARTS) is 1. The van der Waals surface area contributed by atoms with Crippen molar-refractivity contribution in [2.24, 2.45) is 0 Å². The predicted octanol–water partition coefficient (Wildman–Crippen LogP) is 0.476. The van der Waals surface area contributed by atoms with E-state index in [1.54, 1.807) is 15.5 Å². The van der Waals surface area contributed by atoms with E-state index in [2.05, 4.69) is 12.1 Å². The molecule has 0 bridgehead atoms. The zero-order valence-corrected chi connectivity index (χ0v) is 23.3. The number of hydrogen-bond acceptors (Lipinski definition) is 4. The highest BCUT2D eigenvalue weighted by atomic mass is 79.9. The highest BCUT2D eigenvalue weighted by Gasteiger charge is 2.29. The van der Waals surface area contributed by atoms with Gasteiger partial charge < -0.3 is 36.5 Å². The summed E-state index contributed by atoms with van der Waals surface area (Å²) in [5, 5.41) is 9.53. The van der Waals surface area contributed by atoms with Gasteiger partial charge in [-0.05, 0) is 25.0 Å². The van der Waals surface area contributed by atoms with Gasteiger partial charge in [-0.2, -0.15) is 0 Å². The SMILES string of the molecule is O=C(O)c1cn(C2CC2)c2cc(N3CCN(C(=O)c4cc[n+](Cc5ccccc5)cc4)CC3)c(F)cc2c1=O.[Br-]. The molecule has 4 aromatic rings. The first kappa shape index (κ1) is 27.5. The summed E-state index contributed by atoms with van der Waals surface area (Å²) < 4.78 is 19.1. The molecule has 1 saturated heterocycles. The Labute approximate surface area is 240 Å². The average Bonchev–Trinajstić information content (AvgIpc) is 3.79. The lowest BCUT2D eigenvalue weighted by molar-refractivity contribution is -0.688. The van der Waals surface area contributed by atoms with Crippen molar-refractivity contribution in [1.82, 2.24) is 9.47 Å². The molecule has 2 fully saturated rings. The molecule has 2 aliphatic rings. The number of carbonyl (C=O) groups excluding carboxylic acids is 1. The molecule has 2 aromatic carbocycles. The number of benzene rings is 2. The quantitative estimate of drug-likeness (QED) is 0.323. The minimum atomic E-state index is -1.31. The van der Waals surface area contributed by atoms with Crippen molar-refractivity contribution in [3.63, 3.8) is 0 Å². The van der Waals surface area contributed by atoms with Crippen LogP contribution in [-0.4, -0.2) is 52.6 Å². The molecule has 1 N–H and O–H groups in total. The molecule has 10 heteroatoms. The van der Waals surface area contributed by atoms with Crippen LogP contribution in [-0.2, 0) is 6.54 Å². The first-order chi connectivity index (χ1) is 18.9. The van der Waals surface area contributed by atoms with Gasteiger partial charge in [0.15, 0.2) is 18.9 Å². The Morgan fingerprint density at radius 1 is 0.975 bits per heavy atom. The fourth-order valence-corrected chi connectivity index (χ4v) is 5.24. The lowest BCUT2D eigenvalue weighted by Gasteiger charge is -2.36. The number of amides is 1. The molecule has 0 spiro atoms. The summed E-state index contributed by atoms with van der Waals surface area (Å²) in [6.07, 6.45) is 6.95. The molecule has 1 aliphatic heterocycles. The van der Waals surface area contributed by atoms with Gasteiger partial charge in [-0.1, -0.05) is 30.3 Å². The van der Waals surface area contributed by atoms with Crippen molar-refractivity contribution < 1.29 is 40.6 Å². The monoisotopic (exact) mass is 606 g/mol. The van der Waals surface area contributed by atoms with Gasteiger partial charge in [0.05, 0.1) is 16.8 Å². The Kier molecular flexibility index (Phi) is 7.71. The molecule has 6 rings (SSSR count). The van der Waals surface area contributed by atoms with E-state index in [0.717, 1.165) is 25.5 Å². The number of carbonyl (C=O) groups is 2. The van der Waals surface area contributed by atoms with Gasteiger partial charge in [-0.15, -0.1) is 0 Å². The van der Waals surface area contributed by atoms with E-state index in [9.17, 15) is 19.5 Å². The molecule has 40 heavy (non-hydrogen) atoms. The Morgan fingerprint density at radius 3 is 2.27 bits per heavy atom. The highest BCUT2D eigenvalue weighted by Crippen LogP contribution is 2.38. The second-order valence-corrected chi connectivity index (χ2v) is 10.2. The van der Waals surface area contributed by atoms with Crippen LogP contribution >= 0.6 is 0 Å². The molecular weight excluding hydrogens is 579 g/mol. The van der Waals surface area contributed by atoms with Crippen molar-refractivity contribution in [3.8, 4) is 0 Å². The largest absolute Gasteiger partial charge is 1.00 e. The van der Waals surface area contributed by atoms with E-state index in [0.29, 0.717) is 42.9 Å². The van der Waals surface area contributed by atoms with Crippen molar-refractivity contribution >= 4 is 28.5 Å². The summed E-state index contributed by atoms with van der Waals surface area (Å²) in [4.78, 5) is 41.1. The van der Waals surface area contributed by atoms with Crippen LogP contribution in [0.5, 0.6) is 0 Å². The number of aromatic nitrogens is 2. The van der Waals surface area contributed by atoms with Crippen LogP contribution in [0.25, 0.3) is 10.9 Å². The number of halogens is 2. The standard InChI is InChI=1S/C30H27FN4O4.BrH/c31-25-16-23-26(35(22-6-7-22)19-24(28(23)36)30(38)39)17-27(25)33-12-14-34(15-13-33)29(37)21-8-10-32(11-9-21)18-20-4-2-1-3-5-20;/h1-5,8-11,16-17,19,22H,6-7,12-15,18H2;1H. The summed E-state index contributed by atoms with van der Waals surface area (Å²) in [5.74, 6) is -1.95. The van der Waals surface area contributed by atoms with Crippen LogP contribution in [0.4, 0.5) is 10.1 Å². The minimum absolute atomic E-state index is 0. The van der Waals surface area contributed by atoms with Crippen molar-refractivity contribution in [3.05, 3.63) is 106 Å². The number of carboxylic acids is 1. The molecule has 1 aliphatic carbocycles. The Hall–Kier alpha value is -4.05. The Morgan fingerprint density at radius 2 is 1.65 bits per heavy atom. The number of fused-ring (bicyclic) bond motifs is 1. The molecule has 8 nitrogen and oxygen atoms in total. The maximum atomic E-state index is 15.3. The van der Waals surface area contributed by atoms with Crippen LogP contribution in [0.15, 0.2) is 78.0 Å². The molecule has 206 valence electrons. The Bertz CT molecular complexity index is 1630. The van der Waals surface area contributed by atoms with E-state index < -0.39 is 17.2 Å². The number of rotatable bonds is 6. The molecule has 0 atom stereocenters. The number of hydrogen-bond donors (Lipinski definition) is 1. The molecule has 1 saturated carbocycles. The van der Waals surface area contributed by atoms with Crippen molar-refractivity contribution in [2.45, 2.75) is 25.4 Å². The zero-order valence-electron chi connectivity index (χ0n) is 21.7. The topological polar surface area (TPSA) is 86.7 Å². The maximum Gasteiger partial charge on any atom is 0.341 e. The average molecular weight is 607 g/mol. The predicted molar refractivity (Wildman–Crippen MR) is 144 cm³/mol. The third-order valence-electron chi connectivity index (χ3n) is 7.53. The molecule has 0 unspecified atom stereocenters. The molecule has 1 amide bonds. The maximum absolute atomic E-state index is 15.3. The second kappa shape index (κ2) is 11.2. The first-order valence-electron chi connectivity index (χ1n) is 13.1. The summed E-state index contributed by atoms with van der Waals surface area (Å²) in [7, 11) is 0. The number of piperazine rings is 1. The van der Waals surface area contributed by atoms with Gasteiger partial charge in [0.2, 0.25) is 5.43 Å². The fourth-order valence-electron chi connectivity index (χ4n) is 5.24. The minimum Gasteiger partial charge on any atom is -1.00 e. The summed E-state index contributed by atoms with van der Waals surface area (Å²) in [6.45, 7) is 2.47. The highest BCUT2D eigenvalue weighted by molar-refractivity contribution is 5.95. The van der Waals surface area contributed by atoms with Crippen molar-refractivity contribution in [2.75, 3.05) is 31.1 Å². The third kappa shape index (κ3) is 5.36. The zero-order chi connectivity index (χ0) is 27.1. The number of aromatic carboxylic acids is 1. The third-order valence-corrected chi connectivity index (χ3v) is 7.53. The van der Waals surface area contributed by atoms with E-state index >= 15 is 4.39 Å². The summed E-state index contributed by atoms with van der Waals surface area (Å²) in [5.41, 5.74) is 1.65. The number of nitrogens with zero attached hydrogens (tertiary/aromatic N) is 4. The van der Waals surface area contributed by atoms with Gasteiger partial charge in [0.25, 0.3) is 5.91 Å². The number of anilines is 1.